The van der Waals surface area contributed by atoms with Crippen molar-refractivity contribution in [2.75, 3.05) is 7.11 Å². The highest BCUT2D eigenvalue weighted by molar-refractivity contribution is 6.05. The summed E-state index contributed by atoms with van der Waals surface area (Å²) in [6.45, 7) is 8.15. The SMILES string of the molecule is COc1c2c(c(CC=C(C)C)c3c1C(=O)C[C@@H](c1ccccc1)O3)OC(C)(C)C=C2. The molecule has 156 valence electrons. The summed E-state index contributed by atoms with van der Waals surface area (Å²) in [5.41, 5.74) is 3.96. The van der Waals surface area contributed by atoms with Crippen molar-refractivity contribution in [2.24, 2.45) is 0 Å². The highest BCUT2D eigenvalue weighted by Gasteiger charge is 2.38. The molecule has 0 unspecified atom stereocenters. The van der Waals surface area contributed by atoms with E-state index >= 15 is 0 Å². The first-order valence-electron chi connectivity index (χ1n) is 10.3. The highest BCUT2D eigenvalue weighted by Crippen LogP contribution is 2.51. The fourth-order valence-electron chi connectivity index (χ4n) is 4.00. The van der Waals surface area contributed by atoms with Gasteiger partial charge in [0.05, 0.1) is 19.1 Å². The maximum Gasteiger partial charge on any atom is 0.174 e. The van der Waals surface area contributed by atoms with Gasteiger partial charge in [-0.1, -0.05) is 42.0 Å². The number of Topliss-reactive ketones (excluding diaryl/α,β-unsaturated/α-hetero) is 1. The average molecular weight is 405 g/mol. The molecule has 0 spiro atoms. The fraction of sp³-hybridized carbons (Fsp3) is 0.346. The van der Waals surface area contributed by atoms with Gasteiger partial charge in [0.1, 0.15) is 34.5 Å². The minimum Gasteiger partial charge on any atom is -0.495 e. The molecule has 2 heterocycles. The molecule has 0 bridgehead atoms. The van der Waals surface area contributed by atoms with E-state index in [4.69, 9.17) is 14.2 Å². The van der Waals surface area contributed by atoms with E-state index in [9.17, 15) is 4.79 Å². The Kier molecular flexibility index (Phi) is 5.19. The number of carbonyl (C=O) groups excluding carboxylic acids is 1. The van der Waals surface area contributed by atoms with Crippen LogP contribution in [0.3, 0.4) is 0 Å². The van der Waals surface area contributed by atoms with Gasteiger partial charge in [0.2, 0.25) is 0 Å². The number of benzene rings is 2. The van der Waals surface area contributed by atoms with Crippen molar-refractivity contribution in [2.45, 2.75) is 52.2 Å². The number of hydrogen-bond acceptors (Lipinski definition) is 4. The van der Waals surface area contributed by atoms with Gasteiger partial charge >= 0.3 is 0 Å². The monoisotopic (exact) mass is 404 g/mol. The maximum atomic E-state index is 13.3. The number of methoxy groups -OCH3 is 1. The molecule has 2 aliphatic rings. The van der Waals surface area contributed by atoms with E-state index in [0.29, 0.717) is 23.5 Å². The van der Waals surface area contributed by atoms with Crippen molar-refractivity contribution in [3.05, 3.63) is 70.3 Å². The third-order valence-corrected chi connectivity index (χ3v) is 5.51. The van der Waals surface area contributed by atoms with E-state index in [2.05, 4.69) is 19.9 Å². The number of ketones is 1. The zero-order chi connectivity index (χ0) is 21.5. The molecule has 2 aromatic carbocycles. The Morgan fingerprint density at radius 3 is 2.60 bits per heavy atom. The molecule has 0 aliphatic carbocycles. The van der Waals surface area contributed by atoms with Gasteiger partial charge in [-0.3, -0.25) is 4.79 Å². The molecule has 4 nitrogen and oxygen atoms in total. The number of hydrogen-bond donors (Lipinski definition) is 0. The van der Waals surface area contributed by atoms with E-state index in [-0.39, 0.29) is 18.3 Å². The normalized spacial score (nSPS) is 18.6. The molecular weight excluding hydrogens is 376 g/mol. The van der Waals surface area contributed by atoms with Gasteiger partial charge < -0.3 is 14.2 Å². The zero-order valence-corrected chi connectivity index (χ0v) is 18.2. The molecule has 0 saturated carbocycles. The Morgan fingerprint density at radius 1 is 1.20 bits per heavy atom. The zero-order valence-electron chi connectivity index (χ0n) is 18.2. The Hall–Kier alpha value is -3.01. The van der Waals surface area contributed by atoms with E-state index in [1.807, 2.05) is 56.3 Å². The van der Waals surface area contributed by atoms with Crippen molar-refractivity contribution in [1.29, 1.82) is 0 Å². The van der Waals surface area contributed by atoms with Crippen LogP contribution in [0.4, 0.5) is 0 Å². The van der Waals surface area contributed by atoms with Crippen LogP contribution in [0.1, 0.15) is 67.3 Å². The van der Waals surface area contributed by atoms with Gasteiger partial charge in [0.25, 0.3) is 0 Å². The molecule has 1 atom stereocenters. The van der Waals surface area contributed by atoms with Gasteiger partial charge in [0, 0.05) is 5.56 Å². The van der Waals surface area contributed by atoms with Crippen LogP contribution in [0, 0.1) is 0 Å². The lowest BCUT2D eigenvalue weighted by Crippen LogP contribution is -2.30. The molecular formula is C26H28O4. The molecule has 4 rings (SSSR count). The van der Waals surface area contributed by atoms with Crippen LogP contribution in [-0.4, -0.2) is 18.5 Å². The molecule has 0 saturated heterocycles. The average Bonchev–Trinajstić information content (AvgIpc) is 2.71. The Labute approximate surface area is 178 Å². The van der Waals surface area contributed by atoms with Crippen molar-refractivity contribution in [3.8, 4) is 17.2 Å². The van der Waals surface area contributed by atoms with Crippen molar-refractivity contribution < 1.29 is 19.0 Å². The Morgan fingerprint density at radius 2 is 1.93 bits per heavy atom. The molecule has 2 aromatic rings. The number of ether oxygens (including phenoxy) is 3. The fourth-order valence-corrected chi connectivity index (χ4v) is 4.00. The maximum absolute atomic E-state index is 13.3. The van der Waals surface area contributed by atoms with Crippen molar-refractivity contribution in [1.82, 2.24) is 0 Å². The topological polar surface area (TPSA) is 44.8 Å². The van der Waals surface area contributed by atoms with Crippen LogP contribution in [-0.2, 0) is 6.42 Å². The molecule has 0 aromatic heterocycles. The van der Waals surface area contributed by atoms with E-state index in [0.717, 1.165) is 22.4 Å². The quantitative estimate of drug-likeness (QED) is 0.578. The van der Waals surface area contributed by atoms with Crippen LogP contribution >= 0.6 is 0 Å². The second kappa shape index (κ2) is 7.67. The molecule has 0 fully saturated rings. The highest BCUT2D eigenvalue weighted by atomic mass is 16.5. The number of fused-ring (bicyclic) bond motifs is 2. The summed E-state index contributed by atoms with van der Waals surface area (Å²) in [6.07, 6.45) is 6.71. The minimum absolute atomic E-state index is 0.0291. The summed E-state index contributed by atoms with van der Waals surface area (Å²) in [5.74, 6) is 1.88. The van der Waals surface area contributed by atoms with Gasteiger partial charge in [-0.25, -0.2) is 0 Å². The first-order chi connectivity index (χ1) is 14.3. The van der Waals surface area contributed by atoms with Gasteiger partial charge in [0.15, 0.2) is 5.78 Å². The number of allylic oxidation sites excluding steroid dienone is 2. The van der Waals surface area contributed by atoms with Crippen LogP contribution < -0.4 is 14.2 Å². The predicted molar refractivity (Wildman–Crippen MR) is 119 cm³/mol. The summed E-state index contributed by atoms with van der Waals surface area (Å²) in [7, 11) is 1.59. The van der Waals surface area contributed by atoms with Crippen LogP contribution in [0.15, 0.2) is 48.1 Å². The molecule has 30 heavy (non-hydrogen) atoms. The molecule has 0 N–H and O–H groups in total. The van der Waals surface area contributed by atoms with E-state index < -0.39 is 5.60 Å². The van der Waals surface area contributed by atoms with Gasteiger partial charge in [-0.2, -0.15) is 0 Å². The number of carbonyl (C=O) groups is 1. The van der Waals surface area contributed by atoms with Crippen molar-refractivity contribution in [3.63, 3.8) is 0 Å². The lowest BCUT2D eigenvalue weighted by atomic mass is 9.88. The lowest BCUT2D eigenvalue weighted by Gasteiger charge is -2.35. The van der Waals surface area contributed by atoms with E-state index in [1.54, 1.807) is 7.11 Å². The minimum atomic E-state index is -0.455. The predicted octanol–water partition coefficient (Wildman–Crippen LogP) is 6.09. The van der Waals surface area contributed by atoms with Gasteiger partial charge in [-0.15, -0.1) is 0 Å². The number of rotatable bonds is 4. The van der Waals surface area contributed by atoms with Gasteiger partial charge in [-0.05, 0) is 51.8 Å². The lowest BCUT2D eigenvalue weighted by molar-refractivity contribution is 0.0839. The molecule has 4 heteroatoms. The smallest absolute Gasteiger partial charge is 0.174 e. The summed E-state index contributed by atoms with van der Waals surface area (Å²) >= 11 is 0. The third kappa shape index (κ3) is 3.62. The van der Waals surface area contributed by atoms with E-state index in [1.165, 1.54) is 5.57 Å². The summed E-state index contributed by atoms with van der Waals surface area (Å²) in [6, 6.07) is 9.89. The van der Waals surface area contributed by atoms with Crippen LogP contribution in [0.2, 0.25) is 0 Å². The summed E-state index contributed by atoms with van der Waals surface area (Å²) in [5, 5.41) is 0. The first kappa shape index (κ1) is 20.3. The second-order valence-electron chi connectivity index (χ2n) is 8.63. The van der Waals surface area contributed by atoms with Crippen molar-refractivity contribution >= 4 is 11.9 Å². The summed E-state index contributed by atoms with van der Waals surface area (Å²) in [4.78, 5) is 13.3. The second-order valence-corrected chi connectivity index (χ2v) is 8.63. The summed E-state index contributed by atoms with van der Waals surface area (Å²) < 4.78 is 18.6. The van der Waals surface area contributed by atoms with Crippen LogP contribution in [0.5, 0.6) is 17.2 Å². The largest absolute Gasteiger partial charge is 0.495 e. The third-order valence-electron chi connectivity index (χ3n) is 5.51. The van der Waals surface area contributed by atoms with Crippen LogP contribution in [0.25, 0.3) is 6.08 Å². The first-order valence-corrected chi connectivity index (χ1v) is 10.3. The molecule has 0 radical (unpaired) electrons. The Bertz CT molecular complexity index is 1040. The molecule has 0 amide bonds. The standard InChI is InChI=1S/C26H28O4/c1-16(2)11-12-18-23-19(13-14-26(3,4)30-23)24(28-5)22-20(27)15-21(29-25(18)22)17-9-7-6-8-10-17/h6-11,13-14,21H,12,15H2,1-5H3/t21-/m0/s1. The Balaban J connectivity index is 1.94. The molecule has 2 aliphatic heterocycles.